The first-order valence-electron chi connectivity index (χ1n) is 10.2. The summed E-state index contributed by atoms with van der Waals surface area (Å²) in [5.41, 5.74) is 0.953. The number of rotatable bonds is 5. The van der Waals surface area contributed by atoms with Crippen molar-refractivity contribution in [3.05, 3.63) is 69.5 Å². The Kier molecular flexibility index (Phi) is 4.14. The van der Waals surface area contributed by atoms with Crippen LogP contribution >= 0.6 is 0 Å². The highest BCUT2D eigenvalue weighted by Gasteiger charge is 2.54. The van der Waals surface area contributed by atoms with Gasteiger partial charge in [0.1, 0.15) is 12.4 Å². The van der Waals surface area contributed by atoms with E-state index in [9.17, 15) is 10.1 Å². The van der Waals surface area contributed by atoms with Crippen LogP contribution in [0.4, 0.5) is 10.1 Å². The number of nitro groups is 1. The van der Waals surface area contributed by atoms with Crippen LogP contribution in [-0.4, -0.2) is 4.92 Å². The molecule has 0 heterocycles. The van der Waals surface area contributed by atoms with Crippen molar-refractivity contribution in [2.75, 3.05) is 0 Å². The van der Waals surface area contributed by atoms with Gasteiger partial charge in [-0.15, -0.1) is 0 Å². The average Bonchev–Trinajstić information content (AvgIpc) is 2.65. The number of ether oxygens (including phenoxy) is 1. The molecule has 0 radical (unpaired) electrons. The molecule has 4 aliphatic rings. The zero-order valence-corrected chi connectivity index (χ0v) is 15.8. The topological polar surface area (TPSA) is 52.4 Å². The van der Waals surface area contributed by atoms with Crippen LogP contribution in [0.25, 0.3) is 0 Å². The van der Waals surface area contributed by atoms with Crippen LogP contribution in [0, 0.1) is 33.7 Å². The van der Waals surface area contributed by atoms with Crippen molar-refractivity contribution < 1.29 is 14.1 Å². The van der Waals surface area contributed by atoms with Crippen LogP contribution in [0.3, 0.4) is 0 Å². The number of benzene rings is 2. The van der Waals surface area contributed by atoms with Gasteiger partial charge in [-0.1, -0.05) is 30.3 Å². The Morgan fingerprint density at radius 1 is 1.00 bits per heavy atom. The third kappa shape index (κ3) is 2.88. The molecule has 4 saturated carbocycles. The van der Waals surface area contributed by atoms with Crippen LogP contribution in [0.15, 0.2) is 42.5 Å². The van der Waals surface area contributed by atoms with E-state index in [4.69, 9.17) is 4.74 Å². The first-order valence-corrected chi connectivity index (χ1v) is 10.2. The maximum absolute atomic E-state index is 15.2. The molecule has 5 heteroatoms. The normalized spacial score (nSPS) is 30.4. The number of nitro benzene ring substituents is 1. The van der Waals surface area contributed by atoms with Gasteiger partial charge < -0.3 is 4.74 Å². The fraction of sp³-hybridized carbons (Fsp3) is 0.478. The van der Waals surface area contributed by atoms with Gasteiger partial charge in [0, 0.05) is 17.0 Å². The van der Waals surface area contributed by atoms with Gasteiger partial charge in [0.15, 0.2) is 0 Å². The van der Waals surface area contributed by atoms with E-state index in [2.05, 4.69) is 0 Å². The Hall–Kier alpha value is -2.43. The first kappa shape index (κ1) is 17.7. The molecule has 0 aliphatic heterocycles. The Balaban J connectivity index is 1.59. The smallest absolute Gasteiger partial charge is 0.311 e. The van der Waals surface area contributed by atoms with Gasteiger partial charge in [-0.2, -0.15) is 0 Å². The van der Waals surface area contributed by atoms with Gasteiger partial charge in [-0.3, -0.25) is 10.1 Å². The van der Waals surface area contributed by atoms with Crippen LogP contribution in [-0.2, 0) is 12.0 Å². The number of nitrogens with zero attached hydrogens (tertiary/aromatic N) is 1. The van der Waals surface area contributed by atoms with E-state index >= 15 is 4.39 Å². The molecule has 4 aliphatic carbocycles. The fourth-order valence-electron chi connectivity index (χ4n) is 6.48. The molecule has 0 spiro atoms. The lowest BCUT2D eigenvalue weighted by atomic mass is 9.48. The molecular formula is C23H24FNO3. The molecule has 28 heavy (non-hydrogen) atoms. The second-order valence-electron chi connectivity index (χ2n) is 9.00. The Morgan fingerprint density at radius 2 is 1.61 bits per heavy atom. The highest BCUT2D eigenvalue weighted by atomic mass is 19.1. The molecule has 0 unspecified atom stereocenters. The molecule has 0 atom stereocenters. The van der Waals surface area contributed by atoms with Crippen LogP contribution in [0.1, 0.15) is 49.7 Å². The number of hydrogen-bond acceptors (Lipinski definition) is 3. The molecular weight excluding hydrogens is 357 g/mol. The van der Waals surface area contributed by atoms with Crippen LogP contribution in [0.2, 0.25) is 0 Å². The molecule has 0 saturated heterocycles. The second-order valence-corrected chi connectivity index (χ2v) is 9.00. The fourth-order valence-corrected chi connectivity index (χ4v) is 6.48. The van der Waals surface area contributed by atoms with Gasteiger partial charge in [0.2, 0.25) is 5.75 Å². The molecule has 0 N–H and O–H groups in total. The van der Waals surface area contributed by atoms with Gasteiger partial charge in [-0.05, 0) is 67.9 Å². The molecule has 0 amide bonds. The standard InChI is InChI=1S/C23H24FNO3/c24-19-6-7-20(25(26)27)22(28-14-15-4-2-1-3-5-15)21(19)23-11-16-8-17(12-23)10-18(9-16)13-23/h1-7,16-18H,8-14H2. The predicted octanol–water partition coefficient (Wildman–Crippen LogP) is 5.78. The Bertz CT molecular complexity index is 876. The van der Waals surface area contributed by atoms with E-state index in [1.807, 2.05) is 30.3 Å². The minimum absolute atomic E-state index is 0.122. The van der Waals surface area contributed by atoms with Crippen molar-refractivity contribution in [3.63, 3.8) is 0 Å². The van der Waals surface area contributed by atoms with Crippen molar-refractivity contribution in [1.82, 2.24) is 0 Å². The van der Waals surface area contributed by atoms with E-state index in [1.54, 1.807) is 0 Å². The largest absolute Gasteiger partial charge is 0.482 e. The number of hydrogen-bond donors (Lipinski definition) is 0. The van der Waals surface area contributed by atoms with Crippen LogP contribution in [0.5, 0.6) is 5.75 Å². The average molecular weight is 381 g/mol. The van der Waals surface area contributed by atoms with Gasteiger partial charge in [-0.25, -0.2) is 4.39 Å². The van der Waals surface area contributed by atoms with Gasteiger partial charge >= 0.3 is 5.69 Å². The summed E-state index contributed by atoms with van der Waals surface area (Å²) in [6.45, 7) is 0.199. The summed E-state index contributed by atoms with van der Waals surface area (Å²) in [6.07, 6.45) is 6.48. The summed E-state index contributed by atoms with van der Waals surface area (Å²) in [7, 11) is 0. The minimum Gasteiger partial charge on any atom is -0.482 e. The zero-order valence-electron chi connectivity index (χ0n) is 15.8. The summed E-state index contributed by atoms with van der Waals surface area (Å²) in [4.78, 5) is 11.3. The van der Waals surface area contributed by atoms with Crippen molar-refractivity contribution in [2.45, 2.75) is 50.5 Å². The molecule has 6 rings (SSSR count). The molecule has 146 valence electrons. The third-order valence-corrected chi connectivity index (χ3v) is 7.08. The molecule has 0 aromatic heterocycles. The Morgan fingerprint density at radius 3 is 2.18 bits per heavy atom. The Labute approximate surface area is 163 Å². The zero-order chi connectivity index (χ0) is 19.3. The van der Waals surface area contributed by atoms with E-state index in [-0.39, 0.29) is 29.3 Å². The molecule has 2 aromatic rings. The van der Waals surface area contributed by atoms with Crippen molar-refractivity contribution in [2.24, 2.45) is 17.8 Å². The van der Waals surface area contributed by atoms with Crippen LogP contribution < -0.4 is 4.74 Å². The molecule has 4 bridgehead atoms. The maximum Gasteiger partial charge on any atom is 0.311 e. The summed E-state index contributed by atoms with van der Waals surface area (Å²) < 4.78 is 21.2. The van der Waals surface area contributed by atoms with E-state index < -0.39 is 4.92 Å². The summed E-state index contributed by atoms with van der Waals surface area (Å²) in [6, 6.07) is 12.1. The second kappa shape index (κ2) is 6.57. The monoisotopic (exact) mass is 381 g/mol. The van der Waals surface area contributed by atoms with E-state index in [1.165, 1.54) is 31.4 Å². The maximum atomic E-state index is 15.2. The van der Waals surface area contributed by atoms with Crippen molar-refractivity contribution in [1.29, 1.82) is 0 Å². The SMILES string of the molecule is O=[N+]([O-])c1ccc(F)c(C23CC4CC(CC(C4)C2)C3)c1OCc1ccccc1. The first-order chi connectivity index (χ1) is 13.5. The highest BCUT2D eigenvalue weighted by Crippen LogP contribution is 2.62. The summed E-state index contributed by atoms with van der Waals surface area (Å²) in [5, 5.41) is 11.7. The van der Waals surface area contributed by atoms with E-state index in [0.29, 0.717) is 23.3 Å². The van der Waals surface area contributed by atoms with E-state index in [0.717, 1.165) is 24.8 Å². The quantitative estimate of drug-likeness (QED) is 0.487. The molecule has 4 nitrogen and oxygen atoms in total. The predicted molar refractivity (Wildman–Crippen MR) is 104 cm³/mol. The lowest BCUT2D eigenvalue weighted by Crippen LogP contribution is -2.49. The highest BCUT2D eigenvalue weighted by molar-refractivity contribution is 5.56. The van der Waals surface area contributed by atoms with Gasteiger partial charge in [0.05, 0.1) is 4.92 Å². The van der Waals surface area contributed by atoms with Crippen molar-refractivity contribution >= 4 is 5.69 Å². The molecule has 4 fully saturated rings. The summed E-state index contributed by atoms with van der Waals surface area (Å²) in [5.74, 6) is 1.65. The lowest BCUT2D eigenvalue weighted by Gasteiger charge is -2.57. The third-order valence-electron chi connectivity index (χ3n) is 7.08. The molecule has 2 aromatic carbocycles. The lowest BCUT2D eigenvalue weighted by molar-refractivity contribution is -0.386. The van der Waals surface area contributed by atoms with Crippen molar-refractivity contribution in [3.8, 4) is 5.75 Å². The summed E-state index contributed by atoms with van der Waals surface area (Å²) >= 11 is 0. The minimum atomic E-state index is -0.441. The van der Waals surface area contributed by atoms with Gasteiger partial charge in [0.25, 0.3) is 0 Å². The number of halogens is 1.